The smallest absolute Gasteiger partial charge is 0.329 e. The first kappa shape index (κ1) is 25.3. The van der Waals surface area contributed by atoms with Gasteiger partial charge in [-0.15, -0.1) is 0 Å². The normalized spacial score (nSPS) is 25.3. The first-order chi connectivity index (χ1) is 17.5. The molecule has 11 heteroatoms. The number of amides is 4. The second-order valence-corrected chi connectivity index (χ2v) is 11.7. The lowest BCUT2D eigenvalue weighted by Crippen LogP contribution is -2.74. The molecule has 37 heavy (non-hydrogen) atoms. The third kappa shape index (κ3) is 3.99. The Morgan fingerprint density at radius 2 is 1.54 bits per heavy atom. The molecule has 0 aromatic heterocycles. The Labute approximate surface area is 222 Å². The van der Waals surface area contributed by atoms with Crippen molar-refractivity contribution in [2.45, 2.75) is 55.8 Å². The van der Waals surface area contributed by atoms with Crippen LogP contribution in [-0.4, -0.2) is 72.1 Å². The van der Waals surface area contributed by atoms with Crippen LogP contribution in [0.5, 0.6) is 0 Å². The van der Waals surface area contributed by atoms with Crippen molar-refractivity contribution >= 4 is 53.1 Å². The zero-order chi connectivity index (χ0) is 26.6. The van der Waals surface area contributed by atoms with Crippen molar-refractivity contribution in [3.05, 3.63) is 71.3 Å². The van der Waals surface area contributed by atoms with Crippen molar-refractivity contribution < 1.29 is 28.7 Å². The molecule has 0 spiro atoms. The van der Waals surface area contributed by atoms with Gasteiger partial charge in [-0.25, -0.2) is 4.79 Å². The van der Waals surface area contributed by atoms with Crippen LogP contribution in [0.2, 0.25) is 0 Å². The maximum absolute atomic E-state index is 13.5. The first-order valence-corrected chi connectivity index (χ1v) is 12.9. The van der Waals surface area contributed by atoms with Crippen molar-refractivity contribution in [3.63, 3.8) is 0 Å². The second-order valence-electron chi connectivity index (χ2n) is 9.62. The summed E-state index contributed by atoms with van der Waals surface area (Å²) >= 11 is 7.73. The van der Waals surface area contributed by atoms with Crippen molar-refractivity contribution in [1.82, 2.24) is 14.1 Å². The number of hydrogen-bond acceptors (Lipinski definition) is 7. The van der Waals surface area contributed by atoms with Gasteiger partial charge in [0, 0.05) is 0 Å². The summed E-state index contributed by atoms with van der Waals surface area (Å²) < 4.78 is 5.88. The van der Waals surface area contributed by atoms with Gasteiger partial charge in [0.1, 0.15) is 24.2 Å². The van der Waals surface area contributed by atoms with E-state index in [4.69, 9.17) is 16.3 Å². The Kier molecular flexibility index (Phi) is 6.27. The topological polar surface area (TPSA) is 104 Å². The van der Waals surface area contributed by atoms with Crippen molar-refractivity contribution in [2.75, 3.05) is 0 Å². The van der Waals surface area contributed by atoms with Crippen LogP contribution in [0.25, 0.3) is 0 Å². The van der Waals surface area contributed by atoms with E-state index in [9.17, 15) is 24.0 Å². The van der Waals surface area contributed by atoms with Gasteiger partial charge < -0.3 is 9.64 Å². The number of likely N-dealkylation sites (tertiary alicyclic amines) is 1. The van der Waals surface area contributed by atoms with E-state index in [0.29, 0.717) is 0 Å². The van der Waals surface area contributed by atoms with E-state index in [2.05, 4.69) is 0 Å². The van der Waals surface area contributed by atoms with E-state index in [-0.39, 0.29) is 17.7 Å². The molecule has 0 saturated carbocycles. The van der Waals surface area contributed by atoms with Crippen LogP contribution < -0.4 is 0 Å². The highest BCUT2D eigenvalue weighted by Crippen LogP contribution is 2.48. The molecule has 3 aliphatic heterocycles. The predicted octanol–water partition coefficient (Wildman–Crippen LogP) is 2.83. The Morgan fingerprint density at radius 1 is 0.973 bits per heavy atom. The van der Waals surface area contributed by atoms with Gasteiger partial charge in [0.25, 0.3) is 23.6 Å². The number of alkyl halides is 1. The number of halogens is 1. The number of β-lactam (4-membered cyclic amide) rings is 1. The Morgan fingerprint density at radius 3 is 2.11 bits per heavy atom. The Bertz CT molecular complexity index is 1280. The summed E-state index contributed by atoms with van der Waals surface area (Å²) in [5.74, 6) is -2.83. The van der Waals surface area contributed by atoms with Crippen LogP contribution in [0.15, 0.2) is 54.6 Å². The SMILES string of the molecule is C[C@@H](C(=O)OCc1ccccc1)N1SC(C)(C)[C@@H](N2C(=O)[C@@H](N3C(=O)c4ccccc4C3=O)[C@@H]2Cl)C1=O. The molecular weight excluding hydrogens is 518 g/mol. The minimum atomic E-state index is -1.22. The average molecular weight is 542 g/mol. The van der Waals surface area contributed by atoms with Crippen molar-refractivity contribution in [2.24, 2.45) is 0 Å². The van der Waals surface area contributed by atoms with Gasteiger partial charge in [0.2, 0.25) is 0 Å². The third-order valence-electron chi connectivity index (χ3n) is 6.78. The van der Waals surface area contributed by atoms with E-state index in [1.54, 1.807) is 32.9 Å². The number of carbonyl (C=O) groups is 5. The fourth-order valence-electron chi connectivity index (χ4n) is 4.86. The Hall–Kier alpha value is -3.37. The van der Waals surface area contributed by atoms with Crippen LogP contribution in [0.1, 0.15) is 47.1 Å². The number of nitrogens with zero attached hydrogens (tertiary/aromatic N) is 3. The zero-order valence-corrected chi connectivity index (χ0v) is 21.9. The largest absolute Gasteiger partial charge is 0.459 e. The lowest BCUT2D eigenvalue weighted by molar-refractivity contribution is -0.161. The average Bonchev–Trinajstić information content (AvgIpc) is 3.27. The van der Waals surface area contributed by atoms with Crippen LogP contribution in [0.3, 0.4) is 0 Å². The molecule has 0 unspecified atom stereocenters. The minimum Gasteiger partial charge on any atom is -0.459 e. The zero-order valence-electron chi connectivity index (χ0n) is 20.3. The number of carbonyl (C=O) groups excluding carboxylic acids is 5. The number of hydrogen-bond donors (Lipinski definition) is 0. The van der Waals surface area contributed by atoms with Crippen LogP contribution in [0, 0.1) is 0 Å². The van der Waals surface area contributed by atoms with E-state index in [1.807, 2.05) is 30.3 Å². The van der Waals surface area contributed by atoms with E-state index >= 15 is 0 Å². The number of benzene rings is 2. The summed E-state index contributed by atoms with van der Waals surface area (Å²) in [6.45, 7) is 5.18. The predicted molar refractivity (Wildman–Crippen MR) is 135 cm³/mol. The molecule has 2 aromatic carbocycles. The molecule has 3 aliphatic rings. The molecule has 2 fully saturated rings. The molecule has 0 radical (unpaired) electrons. The standard InChI is InChI=1S/C26H24ClN3O6S/c1-14(25(35)36-13-15-9-5-4-6-10-15)30-24(34)19(26(2,3)37-30)29-20(27)18(23(29)33)28-21(31)16-11-7-8-12-17(16)22(28)32/h4-12,14,18-20H,13H2,1-3H3/t14-,18-,19-,20+/m0/s1. The number of esters is 1. The number of ether oxygens (including phenoxy) is 1. The summed E-state index contributed by atoms with van der Waals surface area (Å²) in [5.41, 5.74) is 0.148. The van der Waals surface area contributed by atoms with Crippen molar-refractivity contribution in [1.29, 1.82) is 0 Å². The molecule has 2 saturated heterocycles. The van der Waals surface area contributed by atoms with Gasteiger partial charge in [-0.1, -0.05) is 54.1 Å². The van der Waals surface area contributed by atoms with Gasteiger partial charge in [-0.05, 0) is 50.4 Å². The quantitative estimate of drug-likeness (QED) is 0.138. The fourth-order valence-corrected chi connectivity index (χ4v) is 6.55. The summed E-state index contributed by atoms with van der Waals surface area (Å²) in [6.07, 6.45) is 0. The molecule has 0 bridgehead atoms. The molecule has 2 aromatic rings. The van der Waals surface area contributed by atoms with Gasteiger partial charge >= 0.3 is 5.97 Å². The summed E-state index contributed by atoms with van der Waals surface area (Å²) in [6, 6.07) is 12.4. The Balaban J connectivity index is 1.30. The summed E-state index contributed by atoms with van der Waals surface area (Å²) in [7, 11) is 0. The summed E-state index contributed by atoms with van der Waals surface area (Å²) in [4.78, 5) is 67.4. The molecule has 9 nitrogen and oxygen atoms in total. The highest BCUT2D eigenvalue weighted by molar-refractivity contribution is 7.99. The lowest BCUT2D eigenvalue weighted by Gasteiger charge is -2.50. The number of rotatable bonds is 6. The van der Waals surface area contributed by atoms with E-state index < -0.39 is 58.0 Å². The first-order valence-electron chi connectivity index (χ1n) is 11.7. The monoisotopic (exact) mass is 541 g/mol. The highest BCUT2D eigenvalue weighted by Gasteiger charge is 2.64. The molecule has 192 valence electrons. The molecule has 5 rings (SSSR count). The fraction of sp³-hybridized carbons (Fsp3) is 0.346. The van der Waals surface area contributed by atoms with Gasteiger partial charge in [-0.3, -0.25) is 28.4 Å². The second kappa shape index (κ2) is 9.18. The number of imide groups is 1. The van der Waals surface area contributed by atoms with E-state index in [0.717, 1.165) is 22.4 Å². The van der Waals surface area contributed by atoms with Gasteiger partial charge in [0.05, 0.1) is 15.9 Å². The molecular formula is C26H24ClN3O6S. The molecule has 3 heterocycles. The third-order valence-corrected chi connectivity index (χ3v) is 8.61. The van der Waals surface area contributed by atoms with Crippen LogP contribution in [0.4, 0.5) is 0 Å². The minimum absolute atomic E-state index is 0.0693. The van der Waals surface area contributed by atoms with Crippen LogP contribution >= 0.6 is 23.5 Å². The van der Waals surface area contributed by atoms with Crippen molar-refractivity contribution in [3.8, 4) is 0 Å². The molecule has 0 N–H and O–H groups in total. The van der Waals surface area contributed by atoms with Gasteiger partial charge in [0.15, 0.2) is 6.04 Å². The lowest BCUT2D eigenvalue weighted by atomic mass is 9.93. The number of fused-ring (bicyclic) bond motifs is 1. The summed E-state index contributed by atoms with van der Waals surface area (Å²) in [5, 5.41) is 0. The van der Waals surface area contributed by atoms with E-state index in [1.165, 1.54) is 21.3 Å². The molecule has 0 aliphatic carbocycles. The highest BCUT2D eigenvalue weighted by atomic mass is 35.5. The van der Waals surface area contributed by atoms with Crippen LogP contribution in [-0.2, 0) is 25.7 Å². The molecule has 4 amide bonds. The van der Waals surface area contributed by atoms with Gasteiger partial charge in [-0.2, -0.15) is 0 Å². The maximum Gasteiger partial charge on any atom is 0.329 e. The molecule has 4 atom stereocenters. The maximum atomic E-state index is 13.5.